The molecule has 0 aliphatic carbocycles. The third-order valence-corrected chi connectivity index (χ3v) is 4.62. The number of carbonyl (C=O) groups excluding carboxylic acids is 3. The van der Waals surface area contributed by atoms with Gasteiger partial charge < -0.3 is 20.1 Å². The van der Waals surface area contributed by atoms with Crippen LogP contribution in [0.25, 0.3) is 0 Å². The number of hydrazone groups is 1. The minimum atomic E-state index is -0.960. The van der Waals surface area contributed by atoms with E-state index < -0.39 is 11.8 Å². The average molecular weight is 481 g/mol. The molecule has 0 aromatic heterocycles. The Morgan fingerprint density at radius 1 is 0.912 bits per heavy atom. The molecule has 0 heterocycles. The molecule has 0 radical (unpaired) electrons. The molecule has 0 saturated carbocycles. The summed E-state index contributed by atoms with van der Waals surface area (Å²) in [6, 6.07) is 20.2. The van der Waals surface area contributed by atoms with E-state index in [-0.39, 0.29) is 12.5 Å². The largest absolute Gasteiger partial charge is 0.497 e. The highest BCUT2D eigenvalue weighted by molar-refractivity contribution is 6.41. The van der Waals surface area contributed by atoms with Gasteiger partial charge in [0.25, 0.3) is 5.91 Å². The minimum Gasteiger partial charge on any atom is -0.497 e. The molecular weight excluding hydrogens is 460 g/mol. The maximum atomic E-state index is 12.1. The van der Waals surface area contributed by atoms with Gasteiger partial charge in [0.1, 0.15) is 11.5 Å². The third kappa shape index (κ3) is 7.35. The molecule has 3 aromatic carbocycles. The summed E-state index contributed by atoms with van der Waals surface area (Å²) in [6.07, 6.45) is 1.34. The Morgan fingerprint density at radius 3 is 2.47 bits per heavy atom. The standard InChI is InChI=1S/C24H21ClN4O5/c1-33-18-8-5-7-17(13-18)27-22(30)15-34-19-9-4-6-16(12-19)14-26-29-24(32)23(31)28-21-11-3-2-10-20(21)25/h2-14H,15H2,1H3,(H,27,30)(H,28,31)(H,29,32)/b26-14-. The summed E-state index contributed by atoms with van der Waals surface area (Å²) in [5.74, 6) is -1.17. The molecule has 0 spiro atoms. The van der Waals surface area contributed by atoms with Crippen molar-refractivity contribution in [1.29, 1.82) is 0 Å². The highest BCUT2D eigenvalue weighted by Gasteiger charge is 2.14. The summed E-state index contributed by atoms with van der Waals surface area (Å²) in [4.78, 5) is 36.0. The molecule has 34 heavy (non-hydrogen) atoms. The number of methoxy groups -OCH3 is 1. The van der Waals surface area contributed by atoms with Gasteiger partial charge in [0.15, 0.2) is 6.61 Å². The number of amides is 3. The van der Waals surface area contributed by atoms with Crippen molar-refractivity contribution < 1.29 is 23.9 Å². The first-order chi connectivity index (χ1) is 16.4. The van der Waals surface area contributed by atoms with E-state index in [9.17, 15) is 14.4 Å². The monoisotopic (exact) mass is 480 g/mol. The van der Waals surface area contributed by atoms with E-state index in [2.05, 4.69) is 21.2 Å². The first-order valence-electron chi connectivity index (χ1n) is 10.0. The van der Waals surface area contributed by atoms with Crippen molar-refractivity contribution in [2.75, 3.05) is 24.4 Å². The fraction of sp³-hybridized carbons (Fsp3) is 0.0833. The molecule has 0 fully saturated rings. The van der Waals surface area contributed by atoms with Crippen LogP contribution >= 0.6 is 11.6 Å². The lowest BCUT2D eigenvalue weighted by Gasteiger charge is -2.09. The van der Waals surface area contributed by atoms with Crippen molar-refractivity contribution in [3.63, 3.8) is 0 Å². The third-order valence-electron chi connectivity index (χ3n) is 4.29. The Bertz CT molecular complexity index is 1220. The molecule has 3 rings (SSSR count). The summed E-state index contributed by atoms with van der Waals surface area (Å²) >= 11 is 5.95. The Hall–Kier alpha value is -4.37. The number of halogens is 1. The van der Waals surface area contributed by atoms with E-state index in [0.29, 0.717) is 33.5 Å². The van der Waals surface area contributed by atoms with Crippen molar-refractivity contribution >= 4 is 46.9 Å². The van der Waals surface area contributed by atoms with E-state index in [4.69, 9.17) is 21.1 Å². The summed E-state index contributed by atoms with van der Waals surface area (Å²) < 4.78 is 10.6. The van der Waals surface area contributed by atoms with Crippen LogP contribution in [-0.4, -0.2) is 37.7 Å². The van der Waals surface area contributed by atoms with Gasteiger partial charge in [0.05, 0.1) is 24.0 Å². The van der Waals surface area contributed by atoms with Crippen LogP contribution < -0.4 is 25.5 Å². The second kappa shape index (κ2) is 12.0. The molecule has 10 heteroatoms. The van der Waals surface area contributed by atoms with E-state index in [0.717, 1.165) is 0 Å². The number of rotatable bonds is 8. The van der Waals surface area contributed by atoms with Crippen LogP contribution in [0.15, 0.2) is 77.9 Å². The Kier molecular flexibility index (Phi) is 8.59. The van der Waals surface area contributed by atoms with Gasteiger partial charge in [-0.2, -0.15) is 5.10 Å². The van der Waals surface area contributed by atoms with Crippen LogP contribution in [0.5, 0.6) is 11.5 Å². The zero-order valence-electron chi connectivity index (χ0n) is 18.1. The number of carbonyl (C=O) groups is 3. The van der Waals surface area contributed by atoms with Gasteiger partial charge in [-0.3, -0.25) is 14.4 Å². The lowest BCUT2D eigenvalue weighted by Crippen LogP contribution is -2.32. The number of para-hydroxylation sites is 1. The number of anilines is 2. The summed E-state index contributed by atoms with van der Waals surface area (Å²) in [5, 5.41) is 9.19. The van der Waals surface area contributed by atoms with E-state index in [1.54, 1.807) is 79.9 Å². The second-order valence-corrected chi connectivity index (χ2v) is 7.18. The van der Waals surface area contributed by atoms with E-state index in [1.807, 2.05) is 0 Å². The summed E-state index contributed by atoms with van der Waals surface area (Å²) in [5.41, 5.74) is 3.62. The number of nitrogens with zero attached hydrogens (tertiary/aromatic N) is 1. The van der Waals surface area contributed by atoms with Crippen molar-refractivity contribution in [1.82, 2.24) is 5.43 Å². The van der Waals surface area contributed by atoms with Gasteiger partial charge in [-0.15, -0.1) is 0 Å². The molecular formula is C24H21ClN4O5. The molecule has 3 aromatic rings. The Morgan fingerprint density at radius 2 is 1.68 bits per heavy atom. The fourth-order valence-electron chi connectivity index (χ4n) is 2.69. The minimum absolute atomic E-state index is 0.212. The molecule has 0 atom stereocenters. The number of ether oxygens (including phenoxy) is 2. The molecule has 0 bridgehead atoms. The fourth-order valence-corrected chi connectivity index (χ4v) is 2.87. The first-order valence-corrected chi connectivity index (χ1v) is 10.4. The quantitative estimate of drug-likeness (QED) is 0.259. The molecule has 0 aliphatic heterocycles. The van der Waals surface area contributed by atoms with Gasteiger partial charge in [-0.1, -0.05) is 41.9 Å². The molecule has 3 amide bonds. The molecule has 3 N–H and O–H groups in total. The first kappa shape index (κ1) is 24.3. The van der Waals surface area contributed by atoms with E-state index >= 15 is 0 Å². The van der Waals surface area contributed by atoms with Crippen LogP contribution in [0.1, 0.15) is 5.56 Å². The normalized spacial score (nSPS) is 10.4. The van der Waals surface area contributed by atoms with Gasteiger partial charge in [-0.05, 0) is 42.0 Å². The van der Waals surface area contributed by atoms with Crippen LogP contribution in [0.3, 0.4) is 0 Å². The van der Waals surface area contributed by atoms with Gasteiger partial charge in [-0.25, -0.2) is 5.43 Å². The van der Waals surface area contributed by atoms with Crippen molar-refractivity contribution in [3.8, 4) is 11.5 Å². The lowest BCUT2D eigenvalue weighted by atomic mass is 10.2. The van der Waals surface area contributed by atoms with Crippen LogP contribution in [0, 0.1) is 0 Å². The van der Waals surface area contributed by atoms with Crippen molar-refractivity contribution in [2.45, 2.75) is 0 Å². The maximum Gasteiger partial charge on any atom is 0.329 e. The van der Waals surface area contributed by atoms with E-state index in [1.165, 1.54) is 6.21 Å². The van der Waals surface area contributed by atoms with Crippen molar-refractivity contribution in [3.05, 3.63) is 83.4 Å². The predicted molar refractivity (Wildman–Crippen MR) is 129 cm³/mol. The molecule has 9 nitrogen and oxygen atoms in total. The predicted octanol–water partition coefficient (Wildman–Crippen LogP) is 3.45. The molecule has 0 saturated heterocycles. The van der Waals surface area contributed by atoms with Gasteiger partial charge >= 0.3 is 11.8 Å². The van der Waals surface area contributed by atoms with Crippen LogP contribution in [-0.2, 0) is 14.4 Å². The number of hydrogen-bond acceptors (Lipinski definition) is 6. The smallest absolute Gasteiger partial charge is 0.329 e. The second-order valence-electron chi connectivity index (χ2n) is 6.77. The number of hydrogen-bond donors (Lipinski definition) is 3. The van der Waals surface area contributed by atoms with Crippen LogP contribution in [0.2, 0.25) is 5.02 Å². The zero-order valence-corrected chi connectivity index (χ0v) is 18.8. The van der Waals surface area contributed by atoms with Gasteiger partial charge in [0.2, 0.25) is 0 Å². The lowest BCUT2D eigenvalue weighted by molar-refractivity contribution is -0.136. The Labute approximate surface area is 200 Å². The number of nitrogens with one attached hydrogen (secondary N) is 3. The highest BCUT2D eigenvalue weighted by atomic mass is 35.5. The highest BCUT2D eigenvalue weighted by Crippen LogP contribution is 2.20. The molecule has 0 unspecified atom stereocenters. The summed E-state index contributed by atoms with van der Waals surface area (Å²) in [6.45, 7) is -0.212. The zero-order chi connectivity index (χ0) is 24.3. The topological polar surface area (TPSA) is 118 Å². The molecule has 0 aliphatic rings. The SMILES string of the molecule is COc1cccc(NC(=O)COc2cccc(/C=N\NC(=O)C(=O)Nc3ccccc3Cl)c2)c1. The number of benzene rings is 3. The average Bonchev–Trinajstić information content (AvgIpc) is 2.84. The summed E-state index contributed by atoms with van der Waals surface area (Å²) in [7, 11) is 1.54. The molecule has 174 valence electrons. The Balaban J connectivity index is 1.48. The van der Waals surface area contributed by atoms with Crippen LogP contribution in [0.4, 0.5) is 11.4 Å². The van der Waals surface area contributed by atoms with Gasteiger partial charge in [0, 0.05) is 11.8 Å². The van der Waals surface area contributed by atoms with Crippen molar-refractivity contribution in [2.24, 2.45) is 5.10 Å². The maximum absolute atomic E-state index is 12.1.